The summed E-state index contributed by atoms with van der Waals surface area (Å²) in [6.45, 7) is 0.996. The van der Waals surface area contributed by atoms with Gasteiger partial charge in [-0.2, -0.15) is 4.31 Å². The largest absolute Gasteiger partial charge is 0.379 e. The second kappa shape index (κ2) is 4.67. The fourth-order valence-corrected chi connectivity index (χ4v) is 2.87. The van der Waals surface area contributed by atoms with Gasteiger partial charge in [0.25, 0.3) is 0 Å². The first kappa shape index (κ1) is 12.4. The normalized spacial score (nSPS) is 18.2. The van der Waals surface area contributed by atoms with E-state index in [2.05, 4.69) is 6.07 Å². The van der Waals surface area contributed by atoms with Crippen LogP contribution in [0.4, 0.5) is 8.78 Å². The highest BCUT2D eigenvalue weighted by molar-refractivity contribution is 7.89. The number of benzene rings is 1. The second-order valence-electron chi connectivity index (χ2n) is 3.51. The molecule has 0 aliphatic carbocycles. The minimum absolute atomic E-state index is 0.204. The van der Waals surface area contributed by atoms with Crippen LogP contribution >= 0.6 is 0 Å². The topological polar surface area (TPSA) is 46.6 Å². The lowest BCUT2D eigenvalue weighted by Crippen LogP contribution is -2.40. The van der Waals surface area contributed by atoms with Crippen molar-refractivity contribution in [3.05, 3.63) is 29.8 Å². The number of halogens is 2. The summed E-state index contributed by atoms with van der Waals surface area (Å²) in [5, 5.41) is 0. The Morgan fingerprint density at radius 3 is 2.47 bits per heavy atom. The molecule has 1 radical (unpaired) electrons. The van der Waals surface area contributed by atoms with Gasteiger partial charge in [-0.1, -0.05) is 0 Å². The van der Waals surface area contributed by atoms with Crippen molar-refractivity contribution < 1.29 is 21.9 Å². The van der Waals surface area contributed by atoms with E-state index in [1.165, 1.54) is 4.31 Å². The van der Waals surface area contributed by atoms with Gasteiger partial charge in [0.15, 0.2) is 11.6 Å². The highest BCUT2D eigenvalue weighted by Gasteiger charge is 2.27. The minimum atomic E-state index is -3.81. The van der Waals surface area contributed by atoms with Crippen LogP contribution in [0.2, 0.25) is 0 Å². The maximum atomic E-state index is 13.0. The molecular formula is C10H10F2NO3S. The summed E-state index contributed by atoms with van der Waals surface area (Å²) in [6, 6.07) is 3.55. The van der Waals surface area contributed by atoms with E-state index < -0.39 is 21.7 Å². The molecule has 1 fully saturated rings. The lowest BCUT2D eigenvalue weighted by Gasteiger charge is -2.25. The van der Waals surface area contributed by atoms with Crippen molar-refractivity contribution in [2.75, 3.05) is 26.3 Å². The van der Waals surface area contributed by atoms with Crippen molar-refractivity contribution in [2.45, 2.75) is 4.90 Å². The summed E-state index contributed by atoms with van der Waals surface area (Å²) in [5.41, 5.74) is 0. The molecule has 0 unspecified atom stereocenters. The number of hydrogen-bond donors (Lipinski definition) is 0. The Morgan fingerprint density at radius 1 is 1.24 bits per heavy atom. The lowest BCUT2D eigenvalue weighted by atomic mass is 10.3. The smallest absolute Gasteiger partial charge is 0.243 e. The first-order chi connectivity index (χ1) is 8.01. The van der Waals surface area contributed by atoms with E-state index in [0.717, 1.165) is 0 Å². The van der Waals surface area contributed by atoms with E-state index in [4.69, 9.17) is 4.74 Å². The quantitative estimate of drug-likeness (QED) is 0.791. The van der Waals surface area contributed by atoms with E-state index in [0.29, 0.717) is 25.3 Å². The van der Waals surface area contributed by atoms with E-state index in [1.54, 1.807) is 0 Å². The Kier molecular flexibility index (Phi) is 3.41. The Bertz CT molecular complexity index is 512. The zero-order chi connectivity index (χ0) is 12.5. The molecule has 0 amide bonds. The summed E-state index contributed by atoms with van der Waals surface area (Å²) in [7, 11) is -3.81. The summed E-state index contributed by atoms with van der Waals surface area (Å²) in [6.07, 6.45) is 0. The van der Waals surface area contributed by atoms with Crippen LogP contribution < -0.4 is 0 Å². The van der Waals surface area contributed by atoms with Crippen LogP contribution in [0.25, 0.3) is 0 Å². The number of rotatable bonds is 2. The molecule has 0 N–H and O–H groups in total. The van der Waals surface area contributed by atoms with Crippen LogP contribution in [0.1, 0.15) is 0 Å². The van der Waals surface area contributed by atoms with Crippen LogP contribution in [0.5, 0.6) is 0 Å². The minimum Gasteiger partial charge on any atom is -0.379 e. The van der Waals surface area contributed by atoms with E-state index in [9.17, 15) is 17.2 Å². The molecule has 1 saturated heterocycles. The summed E-state index contributed by atoms with van der Waals surface area (Å²) in [4.78, 5) is -0.363. The van der Waals surface area contributed by atoms with Gasteiger partial charge in [0.05, 0.1) is 18.1 Å². The summed E-state index contributed by atoms with van der Waals surface area (Å²) in [5.74, 6) is -2.32. The molecule has 1 heterocycles. The van der Waals surface area contributed by atoms with Crippen molar-refractivity contribution in [1.29, 1.82) is 0 Å². The second-order valence-corrected chi connectivity index (χ2v) is 5.42. The molecular weight excluding hydrogens is 252 g/mol. The average molecular weight is 262 g/mol. The SMILES string of the molecule is O=S(=O)(c1[c]cc(F)c(F)c1)N1CCOCC1. The molecule has 2 rings (SSSR count). The molecule has 1 aliphatic rings. The highest BCUT2D eigenvalue weighted by Crippen LogP contribution is 2.18. The Labute approximate surface area is 97.9 Å². The van der Waals surface area contributed by atoms with Gasteiger partial charge >= 0.3 is 0 Å². The molecule has 0 bridgehead atoms. The maximum Gasteiger partial charge on any atom is 0.243 e. The predicted octanol–water partition coefficient (Wildman–Crippen LogP) is 0.786. The molecule has 0 saturated carbocycles. The van der Waals surface area contributed by atoms with E-state index in [-0.39, 0.29) is 18.0 Å². The average Bonchev–Trinajstić information content (AvgIpc) is 2.33. The first-order valence-electron chi connectivity index (χ1n) is 4.96. The van der Waals surface area contributed by atoms with Crippen molar-refractivity contribution >= 4 is 10.0 Å². The molecule has 93 valence electrons. The fraction of sp³-hybridized carbons (Fsp3) is 0.400. The molecule has 4 nitrogen and oxygen atoms in total. The number of morpholine rings is 1. The van der Waals surface area contributed by atoms with Crippen molar-refractivity contribution in [1.82, 2.24) is 4.31 Å². The van der Waals surface area contributed by atoms with Gasteiger partial charge in [-0.25, -0.2) is 17.2 Å². The lowest BCUT2D eigenvalue weighted by molar-refractivity contribution is 0.0730. The number of hydrogen-bond acceptors (Lipinski definition) is 3. The summed E-state index contributed by atoms with van der Waals surface area (Å²) < 4.78 is 55.9. The van der Waals surface area contributed by atoms with Gasteiger partial charge < -0.3 is 4.74 Å². The molecule has 0 spiro atoms. The first-order valence-corrected chi connectivity index (χ1v) is 6.40. The number of sulfonamides is 1. The van der Waals surface area contributed by atoms with Crippen LogP contribution in [0, 0.1) is 17.7 Å². The van der Waals surface area contributed by atoms with Crippen molar-refractivity contribution in [3.8, 4) is 0 Å². The predicted molar refractivity (Wildman–Crippen MR) is 54.8 cm³/mol. The van der Waals surface area contributed by atoms with E-state index >= 15 is 0 Å². The molecule has 7 heteroatoms. The van der Waals surface area contributed by atoms with E-state index in [1.807, 2.05) is 0 Å². The third-order valence-corrected chi connectivity index (χ3v) is 4.25. The molecule has 1 aromatic carbocycles. The van der Waals surface area contributed by atoms with Gasteiger partial charge in [0.2, 0.25) is 10.0 Å². The third kappa shape index (κ3) is 2.46. The van der Waals surface area contributed by atoms with Crippen molar-refractivity contribution in [2.24, 2.45) is 0 Å². The zero-order valence-electron chi connectivity index (χ0n) is 8.82. The monoisotopic (exact) mass is 262 g/mol. The zero-order valence-corrected chi connectivity index (χ0v) is 9.64. The van der Waals surface area contributed by atoms with Crippen LogP contribution in [-0.4, -0.2) is 39.0 Å². The van der Waals surface area contributed by atoms with Gasteiger partial charge in [-0.3, -0.25) is 0 Å². The van der Waals surface area contributed by atoms with Crippen LogP contribution in [-0.2, 0) is 14.8 Å². The fourth-order valence-electron chi connectivity index (χ4n) is 1.50. The molecule has 0 aromatic heterocycles. The van der Waals surface area contributed by atoms with Gasteiger partial charge in [0, 0.05) is 19.2 Å². The molecule has 1 aliphatic heterocycles. The highest BCUT2D eigenvalue weighted by atomic mass is 32.2. The Hall–Kier alpha value is -1.05. The number of nitrogens with zero attached hydrogens (tertiary/aromatic N) is 1. The summed E-state index contributed by atoms with van der Waals surface area (Å²) >= 11 is 0. The number of ether oxygens (including phenoxy) is 1. The van der Waals surface area contributed by atoms with Crippen LogP contribution in [0.3, 0.4) is 0 Å². The molecule has 17 heavy (non-hydrogen) atoms. The standard InChI is InChI=1S/C10H10F2NO3S/c11-9-2-1-8(7-10(9)12)17(14,15)13-3-5-16-6-4-13/h2,7H,3-6H2. The van der Waals surface area contributed by atoms with Gasteiger partial charge in [-0.15, -0.1) is 0 Å². The molecule has 0 atom stereocenters. The van der Waals surface area contributed by atoms with Gasteiger partial charge in [0.1, 0.15) is 0 Å². The van der Waals surface area contributed by atoms with Crippen LogP contribution in [0.15, 0.2) is 17.0 Å². The Balaban J connectivity index is 2.33. The maximum absolute atomic E-state index is 13.0. The van der Waals surface area contributed by atoms with Gasteiger partial charge in [-0.05, 0) is 12.1 Å². The van der Waals surface area contributed by atoms with Crippen molar-refractivity contribution in [3.63, 3.8) is 0 Å². The Morgan fingerprint density at radius 2 is 1.88 bits per heavy atom. The third-order valence-electron chi connectivity index (χ3n) is 2.42. The molecule has 1 aromatic rings.